The van der Waals surface area contributed by atoms with Gasteiger partial charge in [0.05, 0.1) is 13.7 Å². The largest absolute Gasteiger partial charge is 0.496 e. The first-order chi connectivity index (χ1) is 8.35. The summed E-state index contributed by atoms with van der Waals surface area (Å²) in [5.74, 6) is 6.54. The van der Waals surface area contributed by atoms with E-state index in [0.29, 0.717) is 12.5 Å². The summed E-state index contributed by atoms with van der Waals surface area (Å²) in [4.78, 5) is 4.71. The van der Waals surface area contributed by atoms with Gasteiger partial charge in [0.1, 0.15) is 5.75 Å². The van der Waals surface area contributed by atoms with Crippen molar-refractivity contribution in [3.05, 3.63) is 29.3 Å². The molecule has 0 aliphatic carbocycles. The lowest BCUT2D eigenvalue weighted by Gasteiger charge is -2.23. The van der Waals surface area contributed by atoms with Crippen LogP contribution in [0.4, 0.5) is 0 Å². The van der Waals surface area contributed by atoms with Crippen molar-refractivity contribution in [3.8, 4) is 5.75 Å². The number of methoxy groups -OCH3 is 1. The van der Waals surface area contributed by atoms with E-state index < -0.39 is 0 Å². The molecule has 0 atom stereocenters. The maximum absolute atomic E-state index is 5.37. The molecule has 94 valence electrons. The summed E-state index contributed by atoms with van der Waals surface area (Å²) < 4.78 is 10.7. The summed E-state index contributed by atoms with van der Waals surface area (Å²) in [5, 5.41) is 0. The Balaban J connectivity index is 2.19. The van der Waals surface area contributed by atoms with E-state index in [0.717, 1.165) is 37.4 Å². The van der Waals surface area contributed by atoms with Gasteiger partial charge in [0.25, 0.3) is 0 Å². The Hall–Kier alpha value is -1.10. The molecule has 0 aromatic heterocycles. The monoisotopic (exact) mass is 237 g/mol. The fourth-order valence-electron chi connectivity index (χ4n) is 2.29. The van der Waals surface area contributed by atoms with E-state index in [4.69, 9.17) is 20.2 Å². The zero-order valence-corrected chi connectivity index (χ0v) is 10.1. The minimum atomic E-state index is 0.375. The maximum atomic E-state index is 5.37. The van der Waals surface area contributed by atoms with E-state index in [9.17, 15) is 0 Å². The highest BCUT2D eigenvalue weighted by molar-refractivity contribution is 5.38. The number of ether oxygens (including phenoxy) is 2. The highest BCUT2D eigenvalue weighted by Crippen LogP contribution is 2.30. The van der Waals surface area contributed by atoms with Gasteiger partial charge < -0.3 is 9.47 Å². The Morgan fingerprint density at radius 1 is 1.35 bits per heavy atom. The van der Waals surface area contributed by atoms with Gasteiger partial charge in [-0.2, -0.15) is 0 Å². The predicted molar refractivity (Wildman–Crippen MR) is 64.8 cm³/mol. The van der Waals surface area contributed by atoms with Crippen molar-refractivity contribution in [1.82, 2.24) is 0 Å². The minimum Gasteiger partial charge on any atom is -0.496 e. The first-order valence-electron chi connectivity index (χ1n) is 5.91. The molecule has 0 spiro atoms. The zero-order chi connectivity index (χ0) is 12.1. The Labute approximate surface area is 102 Å². The molecule has 1 aromatic rings. The predicted octanol–water partition coefficient (Wildman–Crippen LogP) is 1.98. The Bertz CT molecular complexity index is 362. The van der Waals surface area contributed by atoms with Crippen molar-refractivity contribution in [1.29, 1.82) is 0 Å². The van der Waals surface area contributed by atoms with E-state index in [-0.39, 0.29) is 0 Å². The van der Waals surface area contributed by atoms with E-state index >= 15 is 0 Å². The second-order valence-corrected chi connectivity index (χ2v) is 4.27. The molecule has 4 nitrogen and oxygen atoms in total. The first kappa shape index (κ1) is 12.4. The summed E-state index contributed by atoms with van der Waals surface area (Å²) in [6, 6.07) is 6.23. The highest BCUT2D eigenvalue weighted by atomic mass is 16.6. The Morgan fingerprint density at radius 2 is 2.12 bits per heavy atom. The van der Waals surface area contributed by atoms with Gasteiger partial charge >= 0.3 is 0 Å². The summed E-state index contributed by atoms with van der Waals surface area (Å²) >= 11 is 0. The second kappa shape index (κ2) is 6.00. The quantitative estimate of drug-likeness (QED) is 0.813. The molecule has 1 fully saturated rings. The van der Waals surface area contributed by atoms with Crippen LogP contribution >= 0.6 is 0 Å². The Morgan fingerprint density at radius 3 is 2.76 bits per heavy atom. The van der Waals surface area contributed by atoms with Gasteiger partial charge in [-0.05, 0) is 36.5 Å². The SMILES string of the molecule is COc1ccc(C2CCOCC2)cc1CON. The van der Waals surface area contributed by atoms with Crippen LogP contribution in [0.1, 0.15) is 29.9 Å². The number of hydrogen-bond acceptors (Lipinski definition) is 4. The summed E-state index contributed by atoms with van der Waals surface area (Å²) in [6.45, 7) is 2.07. The molecule has 2 rings (SSSR count). The van der Waals surface area contributed by atoms with Crippen LogP contribution in [0.5, 0.6) is 5.75 Å². The van der Waals surface area contributed by atoms with Gasteiger partial charge in [0.2, 0.25) is 0 Å². The number of hydrogen-bond donors (Lipinski definition) is 1. The van der Waals surface area contributed by atoms with Gasteiger partial charge in [0, 0.05) is 18.8 Å². The van der Waals surface area contributed by atoms with Crippen molar-refractivity contribution in [2.45, 2.75) is 25.4 Å². The van der Waals surface area contributed by atoms with Gasteiger partial charge in [-0.15, -0.1) is 0 Å². The van der Waals surface area contributed by atoms with Crippen LogP contribution in [0, 0.1) is 0 Å². The van der Waals surface area contributed by atoms with Gasteiger partial charge in [-0.1, -0.05) is 6.07 Å². The van der Waals surface area contributed by atoms with Crippen molar-refractivity contribution in [3.63, 3.8) is 0 Å². The molecular formula is C13H19NO3. The highest BCUT2D eigenvalue weighted by Gasteiger charge is 2.17. The average Bonchev–Trinajstić information content (AvgIpc) is 2.40. The van der Waals surface area contributed by atoms with Crippen LogP contribution < -0.4 is 10.6 Å². The molecule has 4 heteroatoms. The minimum absolute atomic E-state index is 0.375. The molecule has 1 heterocycles. The number of benzene rings is 1. The van der Waals surface area contributed by atoms with Crippen LogP contribution in [0.3, 0.4) is 0 Å². The molecular weight excluding hydrogens is 218 g/mol. The molecule has 1 aromatic carbocycles. The fourth-order valence-corrected chi connectivity index (χ4v) is 2.29. The molecule has 1 saturated heterocycles. The normalized spacial score (nSPS) is 17.1. The molecule has 2 N–H and O–H groups in total. The first-order valence-corrected chi connectivity index (χ1v) is 5.91. The van der Waals surface area contributed by atoms with Crippen LogP contribution in [0.25, 0.3) is 0 Å². The third-order valence-electron chi connectivity index (χ3n) is 3.24. The smallest absolute Gasteiger partial charge is 0.124 e. The lowest BCUT2D eigenvalue weighted by molar-refractivity contribution is 0.0852. The van der Waals surface area contributed by atoms with E-state index in [1.807, 2.05) is 6.07 Å². The van der Waals surface area contributed by atoms with E-state index in [1.165, 1.54) is 5.56 Å². The van der Waals surface area contributed by atoms with E-state index in [1.54, 1.807) is 7.11 Å². The van der Waals surface area contributed by atoms with Gasteiger partial charge in [-0.25, -0.2) is 5.90 Å². The van der Waals surface area contributed by atoms with Crippen molar-refractivity contribution in [2.75, 3.05) is 20.3 Å². The number of rotatable bonds is 4. The third-order valence-corrected chi connectivity index (χ3v) is 3.24. The van der Waals surface area contributed by atoms with Crippen molar-refractivity contribution < 1.29 is 14.3 Å². The molecule has 17 heavy (non-hydrogen) atoms. The Kier molecular flexibility index (Phi) is 4.36. The summed E-state index contributed by atoms with van der Waals surface area (Å²) in [5.41, 5.74) is 2.32. The lowest BCUT2D eigenvalue weighted by Crippen LogP contribution is -2.14. The standard InChI is InChI=1S/C13H19NO3/c1-15-13-3-2-11(8-12(13)9-17-14)10-4-6-16-7-5-10/h2-3,8,10H,4-7,9,14H2,1H3. The fraction of sp³-hybridized carbons (Fsp3) is 0.538. The van der Waals surface area contributed by atoms with Crippen LogP contribution in [0.2, 0.25) is 0 Å². The van der Waals surface area contributed by atoms with E-state index in [2.05, 4.69) is 12.1 Å². The van der Waals surface area contributed by atoms with Crippen LogP contribution in [-0.4, -0.2) is 20.3 Å². The third kappa shape index (κ3) is 2.97. The summed E-state index contributed by atoms with van der Waals surface area (Å²) in [6.07, 6.45) is 2.16. The number of nitrogens with two attached hydrogens (primary N) is 1. The second-order valence-electron chi connectivity index (χ2n) is 4.27. The molecule has 1 aliphatic heterocycles. The lowest BCUT2D eigenvalue weighted by atomic mass is 9.90. The molecule has 1 aliphatic rings. The molecule has 0 radical (unpaired) electrons. The molecule has 0 amide bonds. The average molecular weight is 237 g/mol. The molecule has 0 bridgehead atoms. The van der Waals surface area contributed by atoms with Crippen molar-refractivity contribution in [2.24, 2.45) is 5.90 Å². The summed E-state index contributed by atoms with van der Waals surface area (Å²) in [7, 11) is 1.66. The topological polar surface area (TPSA) is 53.7 Å². The van der Waals surface area contributed by atoms with Gasteiger partial charge in [-0.3, -0.25) is 4.84 Å². The van der Waals surface area contributed by atoms with Crippen LogP contribution in [0.15, 0.2) is 18.2 Å². The van der Waals surface area contributed by atoms with Crippen LogP contribution in [-0.2, 0) is 16.2 Å². The molecule has 0 saturated carbocycles. The maximum Gasteiger partial charge on any atom is 0.124 e. The van der Waals surface area contributed by atoms with Gasteiger partial charge in [0.15, 0.2) is 0 Å². The van der Waals surface area contributed by atoms with Crippen molar-refractivity contribution >= 4 is 0 Å². The molecule has 0 unspecified atom stereocenters. The zero-order valence-electron chi connectivity index (χ0n) is 10.1.